The fraction of sp³-hybridized carbons (Fsp3) is 0.588. The molecule has 6 nitrogen and oxygen atoms in total. The summed E-state index contributed by atoms with van der Waals surface area (Å²) in [6, 6.07) is 4.92. The Morgan fingerprint density at radius 1 is 1.29 bits per heavy atom. The van der Waals surface area contributed by atoms with Crippen LogP contribution in [0, 0.1) is 10.1 Å². The van der Waals surface area contributed by atoms with Crippen molar-refractivity contribution in [2.75, 3.05) is 18.1 Å². The molecule has 2 rings (SSSR count). The molecular formula is C17H26N2O4Si. The van der Waals surface area contributed by atoms with Crippen LogP contribution in [0.1, 0.15) is 32.8 Å². The van der Waals surface area contributed by atoms with Gasteiger partial charge in [-0.2, -0.15) is 0 Å². The average molecular weight is 350 g/mol. The lowest BCUT2D eigenvalue weighted by Crippen LogP contribution is -2.44. The maximum absolute atomic E-state index is 12.3. The van der Waals surface area contributed by atoms with E-state index in [4.69, 9.17) is 4.43 Å². The molecule has 0 aromatic heterocycles. The van der Waals surface area contributed by atoms with Crippen LogP contribution in [0.4, 0.5) is 11.4 Å². The third kappa shape index (κ3) is 3.67. The summed E-state index contributed by atoms with van der Waals surface area (Å²) >= 11 is 0. The fourth-order valence-electron chi connectivity index (χ4n) is 2.60. The highest BCUT2D eigenvalue weighted by atomic mass is 28.4. The first kappa shape index (κ1) is 18.6. The van der Waals surface area contributed by atoms with Gasteiger partial charge in [-0.1, -0.05) is 26.8 Å². The van der Waals surface area contributed by atoms with E-state index in [-0.39, 0.29) is 21.6 Å². The second-order valence-corrected chi connectivity index (χ2v) is 12.5. The third-order valence-corrected chi connectivity index (χ3v) is 9.63. The maximum atomic E-state index is 12.3. The second kappa shape index (κ2) is 6.64. The Morgan fingerprint density at radius 3 is 2.54 bits per heavy atom. The molecule has 24 heavy (non-hydrogen) atoms. The fourth-order valence-corrected chi connectivity index (χ4v) is 3.63. The molecule has 0 bridgehead atoms. The second-order valence-electron chi connectivity index (χ2n) is 7.69. The van der Waals surface area contributed by atoms with Gasteiger partial charge < -0.3 is 9.33 Å². The summed E-state index contributed by atoms with van der Waals surface area (Å²) in [5, 5.41) is 11.3. The van der Waals surface area contributed by atoms with Crippen molar-refractivity contribution in [1.82, 2.24) is 0 Å². The Hall–Kier alpha value is -1.73. The van der Waals surface area contributed by atoms with Gasteiger partial charge in [0.2, 0.25) is 5.91 Å². The Kier molecular flexibility index (Phi) is 5.15. The van der Waals surface area contributed by atoms with Crippen molar-refractivity contribution >= 4 is 25.6 Å². The molecule has 132 valence electrons. The van der Waals surface area contributed by atoms with Crippen molar-refractivity contribution < 1.29 is 14.1 Å². The molecule has 1 amide bonds. The summed E-state index contributed by atoms with van der Waals surface area (Å²) in [5.74, 6) is 0.00169. The van der Waals surface area contributed by atoms with Crippen molar-refractivity contribution in [3.05, 3.63) is 33.9 Å². The molecule has 0 N–H and O–H groups in total. The summed E-state index contributed by atoms with van der Waals surface area (Å²) < 4.78 is 6.15. The first-order valence-electron chi connectivity index (χ1n) is 8.25. The number of nitro groups is 1. The van der Waals surface area contributed by atoms with Crippen LogP contribution in [-0.4, -0.2) is 32.3 Å². The Bertz CT molecular complexity index is 652. The first-order chi connectivity index (χ1) is 11.0. The molecule has 0 unspecified atom stereocenters. The lowest BCUT2D eigenvalue weighted by molar-refractivity contribution is -0.385. The molecule has 7 heteroatoms. The van der Waals surface area contributed by atoms with Gasteiger partial charge in [-0.05, 0) is 30.6 Å². The van der Waals surface area contributed by atoms with Crippen molar-refractivity contribution in [2.45, 2.75) is 51.7 Å². The zero-order chi connectivity index (χ0) is 18.1. The molecule has 0 atom stereocenters. The van der Waals surface area contributed by atoms with Gasteiger partial charge in [0.05, 0.1) is 22.8 Å². The minimum absolute atomic E-state index is 0.00169. The molecule has 1 aromatic carbocycles. The molecule has 0 radical (unpaired) electrons. The predicted molar refractivity (Wildman–Crippen MR) is 96.9 cm³/mol. The van der Waals surface area contributed by atoms with Crippen LogP contribution < -0.4 is 4.90 Å². The maximum Gasteiger partial charge on any atom is 0.274 e. The number of benzene rings is 1. The van der Waals surface area contributed by atoms with Gasteiger partial charge in [0.15, 0.2) is 8.32 Å². The number of hydrogen-bond acceptors (Lipinski definition) is 4. The summed E-state index contributed by atoms with van der Waals surface area (Å²) in [5.41, 5.74) is 1.39. The molecule has 0 saturated heterocycles. The third-order valence-electron chi connectivity index (χ3n) is 5.09. The lowest BCUT2D eigenvalue weighted by atomic mass is 9.99. The highest BCUT2D eigenvalue weighted by Crippen LogP contribution is 2.37. The normalized spacial score (nSPS) is 15.4. The largest absolute Gasteiger partial charge is 0.415 e. The summed E-state index contributed by atoms with van der Waals surface area (Å²) in [4.78, 5) is 24.8. The van der Waals surface area contributed by atoms with Gasteiger partial charge >= 0.3 is 0 Å². The van der Waals surface area contributed by atoms with E-state index in [0.717, 1.165) is 0 Å². The number of amides is 1. The molecule has 0 aliphatic carbocycles. The van der Waals surface area contributed by atoms with E-state index in [1.807, 2.05) is 0 Å². The number of carbonyl (C=O) groups excluding carboxylic acids is 1. The van der Waals surface area contributed by atoms with Crippen LogP contribution in [-0.2, 0) is 15.6 Å². The number of carbonyl (C=O) groups is 1. The van der Waals surface area contributed by atoms with Crippen LogP contribution in [0.15, 0.2) is 18.2 Å². The number of rotatable bonds is 5. The summed E-state index contributed by atoms with van der Waals surface area (Å²) in [7, 11) is -1.88. The minimum Gasteiger partial charge on any atom is -0.415 e. The Balaban J connectivity index is 2.17. The van der Waals surface area contributed by atoms with Crippen molar-refractivity contribution in [3.8, 4) is 0 Å². The molecule has 0 fully saturated rings. The molecule has 1 aliphatic rings. The summed E-state index contributed by atoms with van der Waals surface area (Å²) in [6.45, 7) is 11.7. The number of hydrogen-bond donors (Lipinski definition) is 0. The highest BCUT2D eigenvalue weighted by Gasteiger charge is 2.37. The zero-order valence-electron chi connectivity index (χ0n) is 15.1. The topological polar surface area (TPSA) is 72.7 Å². The van der Waals surface area contributed by atoms with Gasteiger partial charge in [-0.3, -0.25) is 14.9 Å². The number of nitro benzene ring substituents is 1. The van der Waals surface area contributed by atoms with E-state index < -0.39 is 8.32 Å². The number of nitrogens with zero attached hydrogens (tertiary/aromatic N) is 2. The van der Waals surface area contributed by atoms with Crippen molar-refractivity contribution in [3.63, 3.8) is 0 Å². The van der Waals surface area contributed by atoms with Crippen LogP contribution in [0.25, 0.3) is 0 Å². The summed E-state index contributed by atoms with van der Waals surface area (Å²) in [6.07, 6.45) is 0.725. The first-order valence-corrected chi connectivity index (χ1v) is 11.2. The van der Waals surface area contributed by atoms with Gasteiger partial charge in [-0.25, -0.2) is 0 Å². The predicted octanol–water partition coefficient (Wildman–Crippen LogP) is 3.90. The van der Waals surface area contributed by atoms with Gasteiger partial charge in [0.1, 0.15) is 0 Å². The van der Waals surface area contributed by atoms with E-state index in [2.05, 4.69) is 33.9 Å². The van der Waals surface area contributed by atoms with E-state index in [9.17, 15) is 14.9 Å². The minimum atomic E-state index is -1.88. The van der Waals surface area contributed by atoms with Gasteiger partial charge in [-0.15, -0.1) is 0 Å². The van der Waals surface area contributed by atoms with Crippen LogP contribution in [0.3, 0.4) is 0 Å². The monoisotopic (exact) mass is 350 g/mol. The molecule has 1 aromatic rings. The van der Waals surface area contributed by atoms with E-state index >= 15 is 0 Å². The SMILES string of the molecule is CC(C)(C)[Si](C)(C)OCCN1C(=O)CCc2c1cccc2[N+](=O)[O-]. The van der Waals surface area contributed by atoms with Crippen LogP contribution in [0.2, 0.25) is 18.1 Å². The van der Waals surface area contributed by atoms with E-state index in [0.29, 0.717) is 37.2 Å². The Labute approximate surface area is 144 Å². The smallest absolute Gasteiger partial charge is 0.274 e. The van der Waals surface area contributed by atoms with Crippen LogP contribution >= 0.6 is 0 Å². The number of anilines is 1. The average Bonchev–Trinajstić information content (AvgIpc) is 2.47. The van der Waals surface area contributed by atoms with Crippen molar-refractivity contribution in [1.29, 1.82) is 0 Å². The van der Waals surface area contributed by atoms with Crippen LogP contribution in [0.5, 0.6) is 0 Å². The molecular weight excluding hydrogens is 324 g/mol. The zero-order valence-corrected chi connectivity index (χ0v) is 16.1. The highest BCUT2D eigenvalue weighted by molar-refractivity contribution is 6.74. The van der Waals surface area contributed by atoms with Gasteiger partial charge in [0.25, 0.3) is 5.69 Å². The molecule has 1 heterocycles. The molecule has 0 saturated carbocycles. The van der Waals surface area contributed by atoms with Gasteiger partial charge in [0, 0.05) is 19.0 Å². The Morgan fingerprint density at radius 2 is 1.96 bits per heavy atom. The van der Waals surface area contributed by atoms with E-state index in [1.165, 1.54) is 6.07 Å². The molecule has 1 aliphatic heterocycles. The lowest BCUT2D eigenvalue weighted by Gasteiger charge is -2.37. The quantitative estimate of drug-likeness (QED) is 0.459. The van der Waals surface area contributed by atoms with E-state index in [1.54, 1.807) is 17.0 Å². The number of fused-ring (bicyclic) bond motifs is 1. The van der Waals surface area contributed by atoms with Crippen molar-refractivity contribution in [2.24, 2.45) is 0 Å². The molecule has 0 spiro atoms. The standard InChI is InChI=1S/C17H26N2O4Si/c1-17(2,3)24(4,5)23-12-11-18-14-7-6-8-15(19(21)22)13(14)9-10-16(18)20/h6-8H,9-12H2,1-5H3.